The Hall–Kier alpha value is -2.64. The van der Waals surface area contributed by atoms with Crippen LogP contribution in [0.15, 0.2) is 52.4 Å². The van der Waals surface area contributed by atoms with Crippen LogP contribution in [0.1, 0.15) is 18.1 Å². The van der Waals surface area contributed by atoms with Crippen molar-refractivity contribution < 1.29 is 18.7 Å². The number of hydrogen-bond acceptors (Lipinski definition) is 4. The minimum absolute atomic E-state index is 0.253. The maximum atomic E-state index is 12.9. The van der Waals surface area contributed by atoms with Gasteiger partial charge in [-0.2, -0.15) is 4.99 Å². The SMILES string of the molecule is CC(=O)NC1=NC(=O)C(=Cc2ccc(OCc3ccc(F)cc3)c(Cl)c2)S1. The first kappa shape index (κ1) is 19.1. The first-order chi connectivity index (χ1) is 12.9. The van der Waals surface area contributed by atoms with Gasteiger partial charge in [0.25, 0.3) is 5.91 Å². The first-order valence-corrected chi connectivity index (χ1v) is 9.07. The molecule has 2 aromatic carbocycles. The number of amides is 2. The predicted molar refractivity (Wildman–Crippen MR) is 104 cm³/mol. The normalized spacial score (nSPS) is 15.0. The summed E-state index contributed by atoms with van der Waals surface area (Å²) in [5.74, 6) is -0.541. The van der Waals surface area contributed by atoms with Crippen LogP contribution in [0.4, 0.5) is 4.39 Å². The standard InChI is InChI=1S/C19H14ClFN2O3S/c1-11(24)22-19-23-18(25)17(27-19)9-13-4-7-16(15(20)8-13)26-10-12-2-5-14(21)6-3-12/h2-9H,10H2,1H3,(H,22,23,24,25). The van der Waals surface area contributed by atoms with Crippen molar-refractivity contribution in [3.63, 3.8) is 0 Å². The van der Waals surface area contributed by atoms with Crippen LogP contribution in [0.25, 0.3) is 6.08 Å². The number of hydrogen-bond donors (Lipinski definition) is 1. The van der Waals surface area contributed by atoms with Gasteiger partial charge in [-0.1, -0.05) is 29.8 Å². The van der Waals surface area contributed by atoms with Crippen molar-refractivity contribution in [2.75, 3.05) is 0 Å². The molecule has 0 aliphatic carbocycles. The number of nitrogens with one attached hydrogen (secondary N) is 1. The van der Waals surface area contributed by atoms with Crippen molar-refractivity contribution in [3.05, 3.63) is 69.3 Å². The molecule has 0 unspecified atom stereocenters. The van der Waals surface area contributed by atoms with Crippen molar-refractivity contribution in [2.24, 2.45) is 4.99 Å². The maximum absolute atomic E-state index is 12.9. The van der Waals surface area contributed by atoms with Crippen LogP contribution in [0.2, 0.25) is 5.02 Å². The van der Waals surface area contributed by atoms with Gasteiger partial charge >= 0.3 is 0 Å². The van der Waals surface area contributed by atoms with E-state index in [9.17, 15) is 14.0 Å². The van der Waals surface area contributed by atoms with Gasteiger partial charge in [-0.05, 0) is 53.2 Å². The molecule has 1 aliphatic rings. The molecule has 1 heterocycles. The Morgan fingerprint density at radius 3 is 2.70 bits per heavy atom. The molecule has 0 saturated heterocycles. The number of benzene rings is 2. The van der Waals surface area contributed by atoms with Crippen molar-refractivity contribution >= 4 is 46.4 Å². The molecule has 5 nitrogen and oxygen atoms in total. The minimum atomic E-state index is -0.420. The number of aliphatic imine (C=N–C) groups is 1. The molecular weight excluding hydrogens is 391 g/mol. The molecule has 0 saturated carbocycles. The summed E-state index contributed by atoms with van der Waals surface area (Å²) in [6, 6.07) is 11.1. The lowest BCUT2D eigenvalue weighted by molar-refractivity contribution is -0.117. The molecule has 0 spiro atoms. The fourth-order valence-corrected chi connectivity index (χ4v) is 3.33. The Kier molecular flexibility index (Phi) is 5.93. The fraction of sp³-hybridized carbons (Fsp3) is 0.105. The third-order valence-corrected chi connectivity index (χ3v) is 4.66. The van der Waals surface area contributed by atoms with Crippen molar-refractivity contribution in [3.8, 4) is 5.75 Å². The summed E-state index contributed by atoms with van der Waals surface area (Å²) in [6.07, 6.45) is 1.64. The van der Waals surface area contributed by atoms with E-state index in [1.54, 1.807) is 36.4 Å². The van der Waals surface area contributed by atoms with Crippen LogP contribution in [0, 0.1) is 5.82 Å². The lowest BCUT2D eigenvalue weighted by Gasteiger charge is -2.09. The molecule has 0 radical (unpaired) electrons. The van der Waals surface area contributed by atoms with E-state index in [4.69, 9.17) is 16.3 Å². The zero-order chi connectivity index (χ0) is 19.4. The number of nitrogens with zero attached hydrogens (tertiary/aromatic N) is 1. The Morgan fingerprint density at radius 1 is 1.30 bits per heavy atom. The third kappa shape index (κ3) is 5.18. The molecule has 2 amide bonds. The van der Waals surface area contributed by atoms with E-state index < -0.39 is 5.91 Å². The molecule has 0 bridgehead atoms. The van der Waals surface area contributed by atoms with E-state index >= 15 is 0 Å². The van der Waals surface area contributed by atoms with Crippen LogP contribution < -0.4 is 10.1 Å². The van der Waals surface area contributed by atoms with Crippen LogP contribution in [0.5, 0.6) is 5.75 Å². The van der Waals surface area contributed by atoms with Crippen molar-refractivity contribution in [2.45, 2.75) is 13.5 Å². The second-order valence-electron chi connectivity index (χ2n) is 5.62. The highest BCUT2D eigenvalue weighted by molar-refractivity contribution is 8.18. The number of carbonyl (C=O) groups is 2. The summed E-state index contributed by atoms with van der Waals surface area (Å²) >= 11 is 7.33. The number of carbonyl (C=O) groups excluding carboxylic acids is 2. The highest BCUT2D eigenvalue weighted by atomic mass is 35.5. The molecular formula is C19H14ClFN2O3S. The lowest BCUT2D eigenvalue weighted by Crippen LogP contribution is -2.23. The maximum Gasteiger partial charge on any atom is 0.286 e. The summed E-state index contributed by atoms with van der Waals surface area (Å²) in [5, 5.41) is 3.12. The van der Waals surface area contributed by atoms with Gasteiger partial charge < -0.3 is 10.1 Å². The van der Waals surface area contributed by atoms with Crippen molar-refractivity contribution in [1.29, 1.82) is 0 Å². The van der Waals surface area contributed by atoms with Gasteiger partial charge in [0.15, 0.2) is 5.17 Å². The Bertz CT molecular complexity index is 958. The van der Waals surface area contributed by atoms with Gasteiger partial charge in [0.05, 0.1) is 9.93 Å². The average Bonchev–Trinajstić information content (AvgIpc) is 2.94. The van der Waals surface area contributed by atoms with E-state index in [0.717, 1.165) is 17.3 Å². The van der Waals surface area contributed by atoms with Crippen molar-refractivity contribution in [1.82, 2.24) is 5.32 Å². The van der Waals surface area contributed by atoms with Gasteiger partial charge in [0, 0.05) is 6.92 Å². The predicted octanol–water partition coefficient (Wildman–Crippen LogP) is 4.16. The first-order valence-electron chi connectivity index (χ1n) is 7.87. The molecule has 2 aromatic rings. The van der Waals surface area contributed by atoms with E-state index in [1.165, 1.54) is 19.1 Å². The summed E-state index contributed by atoms with van der Waals surface area (Å²) in [6.45, 7) is 1.60. The van der Waals surface area contributed by atoms with Crippen LogP contribution in [-0.4, -0.2) is 17.0 Å². The van der Waals surface area contributed by atoms with Gasteiger partial charge in [-0.25, -0.2) is 4.39 Å². The molecule has 3 rings (SSSR count). The van der Waals surface area contributed by atoms with Gasteiger partial charge in [0.2, 0.25) is 5.91 Å². The molecule has 1 aliphatic heterocycles. The Balaban J connectivity index is 1.67. The molecule has 0 atom stereocenters. The second-order valence-corrected chi connectivity index (χ2v) is 7.06. The summed E-state index contributed by atoms with van der Waals surface area (Å²) in [4.78, 5) is 27.1. The Morgan fingerprint density at radius 2 is 2.04 bits per heavy atom. The van der Waals surface area contributed by atoms with E-state index in [0.29, 0.717) is 21.2 Å². The zero-order valence-electron chi connectivity index (χ0n) is 14.2. The van der Waals surface area contributed by atoms with Crippen LogP contribution >= 0.6 is 23.4 Å². The second kappa shape index (κ2) is 8.37. The molecule has 0 fully saturated rings. The Labute approximate surface area is 164 Å². The summed E-state index contributed by atoms with van der Waals surface area (Å²) < 4.78 is 18.6. The topological polar surface area (TPSA) is 67.8 Å². The smallest absolute Gasteiger partial charge is 0.286 e. The zero-order valence-corrected chi connectivity index (χ0v) is 15.7. The molecule has 8 heteroatoms. The van der Waals surface area contributed by atoms with E-state index in [1.807, 2.05) is 0 Å². The van der Waals surface area contributed by atoms with Crippen LogP contribution in [-0.2, 0) is 16.2 Å². The summed E-state index contributed by atoms with van der Waals surface area (Å²) in [7, 11) is 0. The largest absolute Gasteiger partial charge is 0.487 e. The lowest BCUT2D eigenvalue weighted by atomic mass is 10.2. The molecule has 0 aromatic heterocycles. The van der Waals surface area contributed by atoms with E-state index in [2.05, 4.69) is 10.3 Å². The highest BCUT2D eigenvalue weighted by Gasteiger charge is 2.22. The third-order valence-electron chi connectivity index (χ3n) is 3.46. The van der Waals surface area contributed by atoms with Gasteiger partial charge in [-0.3, -0.25) is 9.59 Å². The van der Waals surface area contributed by atoms with Gasteiger partial charge in [0.1, 0.15) is 18.2 Å². The molecule has 1 N–H and O–H groups in total. The number of ether oxygens (including phenoxy) is 1. The van der Waals surface area contributed by atoms with Gasteiger partial charge in [-0.15, -0.1) is 0 Å². The van der Waals surface area contributed by atoms with E-state index in [-0.39, 0.29) is 23.5 Å². The molecule has 27 heavy (non-hydrogen) atoms. The molecule has 138 valence electrons. The number of rotatable bonds is 4. The number of amidine groups is 1. The average molecular weight is 405 g/mol. The summed E-state index contributed by atoms with van der Waals surface area (Å²) in [5.41, 5.74) is 1.51. The number of halogens is 2. The number of thioether (sulfide) groups is 1. The minimum Gasteiger partial charge on any atom is -0.487 e. The monoisotopic (exact) mass is 404 g/mol. The fourth-order valence-electron chi connectivity index (χ4n) is 2.23. The quantitative estimate of drug-likeness (QED) is 0.777. The highest BCUT2D eigenvalue weighted by Crippen LogP contribution is 2.31. The van der Waals surface area contributed by atoms with Crippen LogP contribution in [0.3, 0.4) is 0 Å².